The van der Waals surface area contributed by atoms with Gasteiger partial charge in [-0.2, -0.15) is 0 Å². The number of hydrogen-bond donors (Lipinski definition) is 2. The topological polar surface area (TPSA) is 50.4 Å². The van der Waals surface area contributed by atoms with Gasteiger partial charge in [-0.25, -0.2) is 8.78 Å². The van der Waals surface area contributed by atoms with Gasteiger partial charge in [-0.05, 0) is 49.9 Å². The first-order valence-corrected chi connectivity index (χ1v) is 8.04. The smallest absolute Gasteiger partial charge is 0.220 e. The highest BCUT2D eigenvalue weighted by molar-refractivity contribution is 5.75. The average molecular weight is 326 g/mol. The Kier molecular flexibility index (Phi) is 6.33. The lowest BCUT2D eigenvalue weighted by Crippen LogP contribution is -2.42. The summed E-state index contributed by atoms with van der Waals surface area (Å²) in [5, 5.41) is 6.27. The third-order valence-electron chi connectivity index (χ3n) is 4.22. The van der Waals surface area contributed by atoms with Gasteiger partial charge >= 0.3 is 0 Å². The predicted molar refractivity (Wildman–Crippen MR) is 84.3 cm³/mol. The molecule has 1 amide bonds. The van der Waals surface area contributed by atoms with Crippen molar-refractivity contribution in [2.75, 3.05) is 26.2 Å². The number of halogens is 2. The van der Waals surface area contributed by atoms with Crippen molar-refractivity contribution in [3.05, 3.63) is 29.8 Å². The minimum atomic E-state index is -0.728. The van der Waals surface area contributed by atoms with E-state index in [2.05, 4.69) is 17.6 Å². The van der Waals surface area contributed by atoms with E-state index in [-0.39, 0.29) is 23.7 Å². The minimum absolute atomic E-state index is 0.00836. The number of carbonyl (C=O) groups is 1. The largest absolute Gasteiger partial charge is 0.491 e. The standard InChI is InChI=1S/C17H24F2N2O2/c1-17(6-8-20-9-7-17)12-21-16(22)3-2-10-23-15-5-4-13(18)11-14(15)19/h4-5,11,20H,2-3,6-10,12H2,1H3,(H,21,22). The molecule has 0 radical (unpaired) electrons. The molecule has 0 aromatic heterocycles. The summed E-state index contributed by atoms with van der Waals surface area (Å²) < 4.78 is 31.3. The molecule has 23 heavy (non-hydrogen) atoms. The summed E-state index contributed by atoms with van der Waals surface area (Å²) >= 11 is 0. The molecule has 1 aromatic rings. The first-order chi connectivity index (χ1) is 11.0. The number of carbonyl (C=O) groups excluding carboxylic acids is 1. The van der Waals surface area contributed by atoms with Crippen LogP contribution in [0, 0.1) is 17.0 Å². The van der Waals surface area contributed by atoms with Gasteiger partial charge in [0.15, 0.2) is 11.6 Å². The van der Waals surface area contributed by atoms with Gasteiger partial charge in [0.25, 0.3) is 0 Å². The van der Waals surface area contributed by atoms with Crippen molar-refractivity contribution in [3.63, 3.8) is 0 Å². The van der Waals surface area contributed by atoms with Crippen LogP contribution in [0.2, 0.25) is 0 Å². The van der Waals surface area contributed by atoms with Crippen molar-refractivity contribution in [1.82, 2.24) is 10.6 Å². The van der Waals surface area contributed by atoms with E-state index in [0.717, 1.165) is 38.1 Å². The van der Waals surface area contributed by atoms with Gasteiger partial charge in [0.1, 0.15) is 5.82 Å². The number of benzene rings is 1. The van der Waals surface area contributed by atoms with Crippen molar-refractivity contribution in [2.24, 2.45) is 5.41 Å². The van der Waals surface area contributed by atoms with E-state index in [1.807, 2.05) is 0 Å². The summed E-state index contributed by atoms with van der Waals surface area (Å²) in [6.07, 6.45) is 2.93. The maximum Gasteiger partial charge on any atom is 0.220 e. The molecule has 2 rings (SSSR count). The van der Waals surface area contributed by atoms with Crippen molar-refractivity contribution >= 4 is 5.91 Å². The zero-order valence-corrected chi connectivity index (χ0v) is 13.5. The number of hydrogen-bond acceptors (Lipinski definition) is 3. The Bertz CT molecular complexity index is 531. The summed E-state index contributed by atoms with van der Waals surface area (Å²) in [6.45, 7) is 5.07. The fourth-order valence-corrected chi connectivity index (χ4v) is 2.61. The third kappa shape index (κ3) is 5.78. The number of piperidine rings is 1. The molecule has 1 aromatic carbocycles. The fourth-order valence-electron chi connectivity index (χ4n) is 2.61. The molecule has 0 aliphatic carbocycles. The molecular formula is C17H24F2N2O2. The summed E-state index contributed by atoms with van der Waals surface area (Å²) in [6, 6.07) is 3.18. The second kappa shape index (κ2) is 8.24. The Morgan fingerprint density at radius 3 is 2.78 bits per heavy atom. The number of nitrogens with one attached hydrogen (secondary N) is 2. The maximum absolute atomic E-state index is 13.4. The van der Waals surface area contributed by atoms with Crippen LogP contribution in [-0.2, 0) is 4.79 Å². The van der Waals surface area contributed by atoms with Crippen LogP contribution in [0.3, 0.4) is 0 Å². The molecule has 4 nitrogen and oxygen atoms in total. The second-order valence-electron chi connectivity index (χ2n) is 6.36. The lowest BCUT2D eigenvalue weighted by molar-refractivity contribution is -0.121. The zero-order valence-electron chi connectivity index (χ0n) is 13.5. The normalized spacial score (nSPS) is 16.8. The highest BCUT2D eigenvalue weighted by Crippen LogP contribution is 2.26. The van der Waals surface area contributed by atoms with Crippen LogP contribution in [0.1, 0.15) is 32.6 Å². The molecule has 128 valence electrons. The van der Waals surface area contributed by atoms with Crippen molar-refractivity contribution in [3.8, 4) is 5.75 Å². The Balaban J connectivity index is 1.63. The molecule has 0 bridgehead atoms. The van der Waals surface area contributed by atoms with Crippen molar-refractivity contribution < 1.29 is 18.3 Å². The van der Waals surface area contributed by atoms with Gasteiger partial charge in [-0.1, -0.05) is 6.92 Å². The van der Waals surface area contributed by atoms with Gasteiger partial charge in [-0.3, -0.25) is 4.79 Å². The van der Waals surface area contributed by atoms with Crippen LogP contribution >= 0.6 is 0 Å². The maximum atomic E-state index is 13.4. The molecule has 1 saturated heterocycles. The van der Waals surface area contributed by atoms with Gasteiger partial charge < -0.3 is 15.4 Å². The Morgan fingerprint density at radius 2 is 2.09 bits per heavy atom. The summed E-state index contributed by atoms with van der Waals surface area (Å²) in [5.74, 6) is -1.38. The molecular weight excluding hydrogens is 302 g/mol. The lowest BCUT2D eigenvalue weighted by Gasteiger charge is -2.34. The molecule has 1 fully saturated rings. The Labute approximate surface area is 135 Å². The zero-order chi connectivity index (χ0) is 16.7. The molecule has 0 atom stereocenters. The van der Waals surface area contributed by atoms with Crippen LogP contribution in [-0.4, -0.2) is 32.1 Å². The average Bonchev–Trinajstić information content (AvgIpc) is 2.52. The minimum Gasteiger partial charge on any atom is -0.491 e. The summed E-state index contributed by atoms with van der Waals surface area (Å²) in [5.41, 5.74) is 0.161. The molecule has 1 aliphatic rings. The monoisotopic (exact) mass is 326 g/mol. The van der Waals surface area contributed by atoms with E-state index in [1.54, 1.807) is 0 Å². The van der Waals surface area contributed by atoms with E-state index in [4.69, 9.17) is 4.74 Å². The van der Waals surface area contributed by atoms with Crippen molar-refractivity contribution in [2.45, 2.75) is 32.6 Å². The highest BCUT2D eigenvalue weighted by atomic mass is 19.1. The Hall–Kier alpha value is -1.69. The lowest BCUT2D eigenvalue weighted by atomic mass is 9.81. The van der Waals surface area contributed by atoms with Crippen LogP contribution < -0.4 is 15.4 Å². The molecule has 1 aliphatic heterocycles. The molecule has 6 heteroatoms. The summed E-state index contributed by atoms with van der Waals surface area (Å²) in [4.78, 5) is 11.8. The quantitative estimate of drug-likeness (QED) is 0.758. The predicted octanol–water partition coefficient (Wildman–Crippen LogP) is 2.63. The first kappa shape index (κ1) is 17.7. The van der Waals surface area contributed by atoms with Gasteiger partial charge in [0, 0.05) is 19.0 Å². The molecule has 0 spiro atoms. The number of rotatable bonds is 7. The van der Waals surface area contributed by atoms with E-state index < -0.39 is 11.6 Å². The van der Waals surface area contributed by atoms with E-state index in [0.29, 0.717) is 19.4 Å². The summed E-state index contributed by atoms with van der Waals surface area (Å²) in [7, 11) is 0. The molecule has 0 saturated carbocycles. The van der Waals surface area contributed by atoms with Crippen LogP contribution in [0.4, 0.5) is 8.78 Å². The molecule has 2 N–H and O–H groups in total. The van der Waals surface area contributed by atoms with Crippen molar-refractivity contribution in [1.29, 1.82) is 0 Å². The van der Waals surface area contributed by atoms with Crippen LogP contribution in [0.25, 0.3) is 0 Å². The van der Waals surface area contributed by atoms with Gasteiger partial charge in [-0.15, -0.1) is 0 Å². The number of ether oxygens (including phenoxy) is 1. The SMILES string of the molecule is CC1(CNC(=O)CCCOc2ccc(F)cc2F)CCNCC1. The Morgan fingerprint density at radius 1 is 1.35 bits per heavy atom. The molecule has 0 unspecified atom stereocenters. The van der Waals surface area contributed by atoms with Crippen LogP contribution in [0.15, 0.2) is 18.2 Å². The van der Waals surface area contributed by atoms with E-state index in [9.17, 15) is 13.6 Å². The van der Waals surface area contributed by atoms with Gasteiger partial charge in [0.05, 0.1) is 6.61 Å². The second-order valence-corrected chi connectivity index (χ2v) is 6.36. The first-order valence-electron chi connectivity index (χ1n) is 8.04. The van der Waals surface area contributed by atoms with Gasteiger partial charge in [0.2, 0.25) is 5.91 Å². The molecule has 1 heterocycles. The van der Waals surface area contributed by atoms with Crippen LogP contribution in [0.5, 0.6) is 5.75 Å². The third-order valence-corrected chi connectivity index (χ3v) is 4.22. The highest BCUT2D eigenvalue weighted by Gasteiger charge is 2.26. The fraction of sp³-hybridized carbons (Fsp3) is 0.588. The number of amides is 1. The van der Waals surface area contributed by atoms with E-state index in [1.165, 1.54) is 6.07 Å². The van der Waals surface area contributed by atoms with E-state index >= 15 is 0 Å².